The van der Waals surface area contributed by atoms with E-state index in [1.165, 1.54) is 33.4 Å². The van der Waals surface area contributed by atoms with Crippen LogP contribution in [0.4, 0.5) is 0 Å². The Hall–Kier alpha value is -4.44. The molecule has 7 rings (SSSR count). The molecular formula is C39H33IrN3O-2. The number of aryl methyl sites for hydroxylation is 5. The van der Waals surface area contributed by atoms with Crippen molar-refractivity contribution in [2.45, 2.75) is 41.0 Å². The van der Waals surface area contributed by atoms with Crippen molar-refractivity contribution in [1.29, 1.82) is 0 Å². The maximum absolute atomic E-state index is 5.67. The second-order valence-electron chi connectivity index (χ2n) is 11.1. The minimum absolute atomic E-state index is 0. The summed E-state index contributed by atoms with van der Waals surface area (Å²) in [7, 11) is 0. The number of pyridine rings is 3. The molecule has 0 unspecified atom stereocenters. The van der Waals surface area contributed by atoms with Gasteiger partial charge in [-0.3, -0.25) is 9.97 Å². The van der Waals surface area contributed by atoms with E-state index in [4.69, 9.17) is 9.40 Å². The zero-order chi connectivity index (χ0) is 29.9. The molecule has 7 aromatic rings. The molecule has 0 N–H and O–H groups in total. The van der Waals surface area contributed by atoms with Crippen molar-refractivity contribution in [1.82, 2.24) is 15.0 Å². The van der Waals surface area contributed by atoms with Crippen LogP contribution in [0.25, 0.3) is 44.4 Å². The third kappa shape index (κ3) is 6.70. The summed E-state index contributed by atoms with van der Waals surface area (Å²) in [5.41, 5.74) is 14.1. The zero-order valence-electron chi connectivity index (χ0n) is 25.5. The van der Waals surface area contributed by atoms with Crippen LogP contribution >= 0.6 is 0 Å². The second-order valence-corrected chi connectivity index (χ2v) is 11.1. The average Bonchev–Trinajstić information content (AvgIpc) is 3.50. The van der Waals surface area contributed by atoms with Crippen LogP contribution in [0.15, 0.2) is 102 Å². The number of hydrogen-bond donors (Lipinski definition) is 0. The predicted octanol–water partition coefficient (Wildman–Crippen LogP) is 9.52. The van der Waals surface area contributed by atoms with E-state index in [2.05, 4.69) is 104 Å². The standard InChI is InChI=1S/C24H17N2O.C15H16N.Ir/c1-16-7-8-20-21(15-19-10-12-27-24(19)23(20)26-16)22-14-18(9-11-25-22)13-17-5-3-2-4-6-17;1-10-5-6-14(7-11(10)2)15-8-12(3)13(4)9-16-15;/h2-12,14H,13H2,1H3;5,7-9H,1-4H3;/q2*-1;. The van der Waals surface area contributed by atoms with Gasteiger partial charge in [0.25, 0.3) is 0 Å². The molecule has 1 radical (unpaired) electrons. The molecule has 221 valence electrons. The van der Waals surface area contributed by atoms with Gasteiger partial charge in [0.05, 0.1) is 5.58 Å². The van der Waals surface area contributed by atoms with Crippen molar-refractivity contribution in [3.8, 4) is 22.5 Å². The zero-order valence-corrected chi connectivity index (χ0v) is 27.9. The van der Waals surface area contributed by atoms with Crippen LogP contribution in [0.1, 0.15) is 39.1 Å². The average molecular weight is 752 g/mol. The van der Waals surface area contributed by atoms with Crippen LogP contribution < -0.4 is 0 Å². The molecule has 0 bridgehead atoms. The summed E-state index contributed by atoms with van der Waals surface area (Å²) in [6, 6.07) is 33.8. The summed E-state index contributed by atoms with van der Waals surface area (Å²) in [4.78, 5) is 13.8. The summed E-state index contributed by atoms with van der Waals surface area (Å²) in [5, 5.41) is 1.93. The fraction of sp³-hybridized carbons (Fsp3) is 0.154. The fourth-order valence-corrected chi connectivity index (χ4v) is 5.07. The molecule has 0 fully saturated rings. The molecule has 0 aliphatic carbocycles. The maximum Gasteiger partial charge on any atom is 0.0847 e. The van der Waals surface area contributed by atoms with Gasteiger partial charge in [-0.05, 0) is 61.7 Å². The number of furan rings is 1. The monoisotopic (exact) mass is 752 g/mol. The van der Waals surface area contributed by atoms with Gasteiger partial charge >= 0.3 is 0 Å². The molecule has 0 amide bonds. The van der Waals surface area contributed by atoms with E-state index in [1.54, 1.807) is 6.26 Å². The first-order valence-electron chi connectivity index (χ1n) is 14.5. The molecule has 0 aliphatic heterocycles. The van der Waals surface area contributed by atoms with Crippen LogP contribution in [-0.2, 0) is 26.5 Å². The molecule has 44 heavy (non-hydrogen) atoms. The van der Waals surface area contributed by atoms with E-state index in [0.29, 0.717) is 0 Å². The Bertz CT molecular complexity index is 2010. The Labute approximate surface area is 272 Å². The number of nitrogens with zero attached hydrogens (tertiary/aromatic N) is 3. The smallest absolute Gasteiger partial charge is 0.0847 e. The maximum atomic E-state index is 5.67. The van der Waals surface area contributed by atoms with Crippen molar-refractivity contribution in [2.24, 2.45) is 0 Å². The van der Waals surface area contributed by atoms with E-state index in [1.807, 2.05) is 43.6 Å². The predicted molar refractivity (Wildman–Crippen MR) is 175 cm³/mol. The second kappa shape index (κ2) is 13.5. The number of rotatable bonds is 4. The van der Waals surface area contributed by atoms with E-state index in [0.717, 1.165) is 56.5 Å². The van der Waals surface area contributed by atoms with Crippen LogP contribution in [0.5, 0.6) is 0 Å². The van der Waals surface area contributed by atoms with E-state index in [9.17, 15) is 0 Å². The van der Waals surface area contributed by atoms with Gasteiger partial charge in [0.2, 0.25) is 0 Å². The van der Waals surface area contributed by atoms with Gasteiger partial charge < -0.3 is 9.40 Å². The van der Waals surface area contributed by atoms with Gasteiger partial charge in [-0.25, -0.2) is 0 Å². The van der Waals surface area contributed by atoms with E-state index in [-0.39, 0.29) is 20.1 Å². The quantitative estimate of drug-likeness (QED) is 0.168. The van der Waals surface area contributed by atoms with Gasteiger partial charge in [0, 0.05) is 55.7 Å². The van der Waals surface area contributed by atoms with E-state index >= 15 is 0 Å². The molecule has 0 spiro atoms. The van der Waals surface area contributed by atoms with Gasteiger partial charge in [-0.15, -0.1) is 41.0 Å². The summed E-state index contributed by atoms with van der Waals surface area (Å²) in [6.45, 7) is 10.4. The van der Waals surface area contributed by atoms with Gasteiger partial charge in [-0.2, -0.15) is 0 Å². The largest absolute Gasteiger partial charge is 0.506 e. The van der Waals surface area contributed by atoms with Crippen LogP contribution in [-0.4, -0.2) is 15.0 Å². The molecule has 0 saturated heterocycles. The van der Waals surface area contributed by atoms with Crippen molar-refractivity contribution in [2.75, 3.05) is 0 Å². The molecular weight excluding hydrogens is 719 g/mol. The van der Waals surface area contributed by atoms with Gasteiger partial charge in [0.15, 0.2) is 0 Å². The van der Waals surface area contributed by atoms with Gasteiger partial charge in [-0.1, -0.05) is 90.3 Å². The molecule has 3 aromatic carbocycles. The van der Waals surface area contributed by atoms with E-state index < -0.39 is 0 Å². The fourth-order valence-electron chi connectivity index (χ4n) is 5.07. The third-order valence-electron chi connectivity index (χ3n) is 7.85. The van der Waals surface area contributed by atoms with Crippen LogP contribution in [0, 0.1) is 46.8 Å². The Morgan fingerprint density at radius 1 is 0.727 bits per heavy atom. The number of aromatic nitrogens is 3. The van der Waals surface area contributed by atoms with Crippen LogP contribution in [0.2, 0.25) is 0 Å². The first-order chi connectivity index (χ1) is 20.9. The molecule has 0 atom stereocenters. The van der Waals surface area contributed by atoms with Crippen molar-refractivity contribution in [3.63, 3.8) is 0 Å². The Morgan fingerprint density at radius 3 is 2.30 bits per heavy atom. The SMILES string of the molecule is Cc1c[c-]c(-c2cc(C)c(C)cn2)cc1C.Cc1ccc2c(-c3cc(Cc4ccccc4)ccn3)[c-]c3ccoc3c2n1.[Ir]. The van der Waals surface area contributed by atoms with Crippen molar-refractivity contribution < 1.29 is 24.5 Å². The van der Waals surface area contributed by atoms with Crippen molar-refractivity contribution in [3.05, 3.63) is 149 Å². The first kappa shape index (κ1) is 31.0. The number of fused-ring (bicyclic) bond motifs is 3. The minimum Gasteiger partial charge on any atom is -0.506 e. The Balaban J connectivity index is 0.000000194. The minimum atomic E-state index is 0. The molecule has 0 aliphatic rings. The normalized spacial score (nSPS) is 10.8. The number of hydrogen-bond acceptors (Lipinski definition) is 4. The van der Waals surface area contributed by atoms with Crippen molar-refractivity contribution >= 4 is 21.9 Å². The first-order valence-corrected chi connectivity index (χ1v) is 14.5. The summed E-state index contributed by atoms with van der Waals surface area (Å²) in [6.07, 6.45) is 6.36. The molecule has 4 aromatic heterocycles. The Kier molecular flexibility index (Phi) is 9.49. The molecule has 0 saturated carbocycles. The van der Waals surface area contributed by atoms with Gasteiger partial charge in [0.1, 0.15) is 0 Å². The summed E-state index contributed by atoms with van der Waals surface area (Å²) in [5.74, 6) is 0. The molecule has 5 heteroatoms. The topological polar surface area (TPSA) is 51.8 Å². The Morgan fingerprint density at radius 2 is 1.52 bits per heavy atom. The number of benzene rings is 3. The summed E-state index contributed by atoms with van der Waals surface area (Å²) < 4.78 is 5.67. The third-order valence-corrected chi connectivity index (χ3v) is 7.85. The van der Waals surface area contributed by atoms with Crippen LogP contribution in [0.3, 0.4) is 0 Å². The summed E-state index contributed by atoms with van der Waals surface area (Å²) >= 11 is 0. The molecule has 4 heterocycles. The molecule has 4 nitrogen and oxygen atoms in total.